The van der Waals surface area contributed by atoms with Crippen LogP contribution in [0.3, 0.4) is 0 Å². The van der Waals surface area contributed by atoms with Crippen molar-refractivity contribution < 1.29 is 19.1 Å². The van der Waals surface area contributed by atoms with Gasteiger partial charge in [-0.05, 0) is 69.4 Å². The molecule has 2 aromatic carbocycles. The molecule has 1 N–H and O–H groups in total. The van der Waals surface area contributed by atoms with Crippen LogP contribution in [0.15, 0.2) is 54.7 Å². The summed E-state index contributed by atoms with van der Waals surface area (Å²) in [5.74, 6) is -0.705. The molecule has 2 atom stereocenters. The Hall–Kier alpha value is -3.78. The molecular formula is C31H34N4O4. The van der Waals surface area contributed by atoms with Crippen LogP contribution in [0.2, 0.25) is 0 Å². The number of pyridine rings is 1. The first-order valence-corrected chi connectivity index (χ1v) is 13.8. The Morgan fingerprint density at radius 1 is 1.10 bits per heavy atom. The number of amides is 3. The van der Waals surface area contributed by atoms with Gasteiger partial charge in [0.2, 0.25) is 5.91 Å². The fraction of sp³-hybridized carbons (Fsp3) is 0.419. The van der Waals surface area contributed by atoms with Crippen LogP contribution in [-0.4, -0.2) is 58.9 Å². The molecule has 1 aromatic heterocycles. The maximum absolute atomic E-state index is 13.6. The lowest BCUT2D eigenvalue weighted by atomic mass is 9.91. The minimum atomic E-state index is -0.297. The second-order valence-corrected chi connectivity index (χ2v) is 11.5. The molecule has 0 unspecified atom stereocenters. The van der Waals surface area contributed by atoms with E-state index in [1.54, 1.807) is 12.3 Å². The Kier molecular flexibility index (Phi) is 6.59. The smallest absolute Gasteiger partial charge is 0.263 e. The van der Waals surface area contributed by atoms with Gasteiger partial charge >= 0.3 is 0 Å². The van der Waals surface area contributed by atoms with Crippen LogP contribution in [0.25, 0.3) is 10.9 Å². The van der Waals surface area contributed by atoms with Gasteiger partial charge in [-0.1, -0.05) is 24.3 Å². The predicted molar refractivity (Wildman–Crippen MR) is 149 cm³/mol. The zero-order chi connectivity index (χ0) is 27.1. The number of nitrogens with one attached hydrogen (secondary N) is 1. The standard InChI is InChI=1S/C31H34N4O4/c1-31(2)16-23(12-14-39-31)33-28(36)22-8-6-13-34(19-22)26-11-5-9-24-27(26)30(38)35(29(24)37)18-20-15-21-7-3-4-10-25(21)32-17-20/h3-5,7,9-11,15,17,22-23H,6,8,12-14,16,18-19H2,1-2H3,(H,33,36)/t22-,23-/m0/s1. The zero-order valence-corrected chi connectivity index (χ0v) is 22.5. The number of aromatic nitrogens is 1. The van der Waals surface area contributed by atoms with Crippen LogP contribution in [0.4, 0.5) is 5.69 Å². The van der Waals surface area contributed by atoms with Gasteiger partial charge in [0, 0.05) is 37.3 Å². The van der Waals surface area contributed by atoms with E-state index in [0.717, 1.165) is 54.4 Å². The highest BCUT2D eigenvalue weighted by Gasteiger charge is 2.40. The Morgan fingerprint density at radius 2 is 1.95 bits per heavy atom. The molecule has 202 valence electrons. The molecule has 39 heavy (non-hydrogen) atoms. The minimum Gasteiger partial charge on any atom is -0.375 e. The molecule has 3 aromatic rings. The van der Waals surface area contributed by atoms with Gasteiger partial charge in [-0.25, -0.2) is 0 Å². The highest BCUT2D eigenvalue weighted by Crippen LogP contribution is 2.35. The summed E-state index contributed by atoms with van der Waals surface area (Å²) >= 11 is 0. The quantitative estimate of drug-likeness (QED) is 0.498. The van der Waals surface area contributed by atoms with E-state index in [-0.39, 0.29) is 41.8 Å². The Balaban J connectivity index is 1.19. The van der Waals surface area contributed by atoms with E-state index >= 15 is 0 Å². The maximum Gasteiger partial charge on any atom is 0.263 e. The molecule has 0 aliphatic carbocycles. The second-order valence-electron chi connectivity index (χ2n) is 11.5. The molecule has 3 aliphatic rings. The van der Waals surface area contributed by atoms with E-state index in [2.05, 4.69) is 29.0 Å². The number of piperidine rings is 1. The normalized spacial score (nSPS) is 22.7. The molecule has 2 fully saturated rings. The van der Waals surface area contributed by atoms with Crippen molar-refractivity contribution in [3.63, 3.8) is 0 Å². The molecule has 0 spiro atoms. The number of rotatable bonds is 5. The molecule has 0 radical (unpaired) electrons. The summed E-state index contributed by atoms with van der Waals surface area (Å²) in [6.45, 7) is 6.18. The van der Waals surface area contributed by atoms with Crippen molar-refractivity contribution in [2.24, 2.45) is 5.92 Å². The fourth-order valence-corrected chi connectivity index (χ4v) is 6.19. The highest BCUT2D eigenvalue weighted by molar-refractivity contribution is 6.23. The van der Waals surface area contributed by atoms with E-state index in [1.807, 2.05) is 42.5 Å². The number of carbonyl (C=O) groups excluding carboxylic acids is 3. The number of imide groups is 1. The van der Waals surface area contributed by atoms with Gasteiger partial charge in [0.05, 0.1) is 40.4 Å². The summed E-state index contributed by atoms with van der Waals surface area (Å²) < 4.78 is 5.80. The lowest BCUT2D eigenvalue weighted by Crippen LogP contribution is -2.50. The Morgan fingerprint density at radius 3 is 2.79 bits per heavy atom. The molecule has 8 nitrogen and oxygen atoms in total. The summed E-state index contributed by atoms with van der Waals surface area (Å²) in [5.41, 5.74) is 3.02. The molecule has 6 rings (SSSR count). The number of nitrogens with zero attached hydrogens (tertiary/aromatic N) is 3. The number of carbonyl (C=O) groups is 3. The van der Waals surface area contributed by atoms with E-state index in [9.17, 15) is 14.4 Å². The van der Waals surface area contributed by atoms with Crippen LogP contribution < -0.4 is 10.2 Å². The number of anilines is 1. The second kappa shape index (κ2) is 10.1. The molecule has 8 heteroatoms. The topological polar surface area (TPSA) is 91.8 Å². The molecule has 0 bridgehead atoms. The maximum atomic E-state index is 13.6. The number of ether oxygens (including phenoxy) is 1. The molecule has 2 saturated heterocycles. The van der Waals surface area contributed by atoms with Gasteiger partial charge in [-0.3, -0.25) is 24.3 Å². The van der Waals surface area contributed by atoms with Gasteiger partial charge in [-0.15, -0.1) is 0 Å². The van der Waals surface area contributed by atoms with Crippen molar-refractivity contribution in [3.05, 3.63) is 71.4 Å². The first-order chi connectivity index (χ1) is 18.8. The largest absolute Gasteiger partial charge is 0.375 e. The minimum absolute atomic E-state index is 0.0582. The van der Waals surface area contributed by atoms with E-state index in [0.29, 0.717) is 24.3 Å². The molecule has 3 amide bonds. The van der Waals surface area contributed by atoms with Crippen molar-refractivity contribution >= 4 is 34.3 Å². The average molecular weight is 527 g/mol. The van der Waals surface area contributed by atoms with Gasteiger partial charge in [-0.2, -0.15) is 0 Å². The molecular weight excluding hydrogens is 492 g/mol. The highest BCUT2D eigenvalue weighted by atomic mass is 16.5. The van der Waals surface area contributed by atoms with E-state index in [4.69, 9.17) is 4.74 Å². The van der Waals surface area contributed by atoms with Crippen molar-refractivity contribution in [2.45, 2.75) is 57.7 Å². The summed E-state index contributed by atoms with van der Waals surface area (Å²) in [6, 6.07) is 15.3. The van der Waals surface area contributed by atoms with Crippen LogP contribution in [-0.2, 0) is 16.1 Å². The number of hydrogen-bond acceptors (Lipinski definition) is 6. The van der Waals surface area contributed by atoms with E-state index in [1.165, 1.54) is 4.90 Å². The first kappa shape index (κ1) is 25.5. The van der Waals surface area contributed by atoms with Crippen LogP contribution in [0.1, 0.15) is 65.8 Å². The lowest BCUT2D eigenvalue weighted by Gasteiger charge is -2.38. The Labute approximate surface area is 228 Å². The van der Waals surface area contributed by atoms with E-state index < -0.39 is 0 Å². The monoisotopic (exact) mass is 526 g/mol. The number of benzene rings is 2. The van der Waals surface area contributed by atoms with Gasteiger partial charge < -0.3 is 15.0 Å². The number of para-hydroxylation sites is 1. The third kappa shape index (κ3) is 5.01. The predicted octanol–water partition coefficient (Wildman–Crippen LogP) is 4.32. The summed E-state index contributed by atoms with van der Waals surface area (Å²) in [4.78, 5) is 48.1. The van der Waals surface area contributed by atoms with Gasteiger partial charge in [0.1, 0.15) is 0 Å². The summed E-state index contributed by atoms with van der Waals surface area (Å²) in [6.07, 6.45) is 4.98. The SMILES string of the molecule is CC1(C)C[C@@H](NC(=O)[C@H]2CCCN(c3cccc4c3C(=O)N(Cc3cnc5ccccc5c3)C4=O)C2)CCO1. The van der Waals surface area contributed by atoms with Crippen molar-refractivity contribution in [1.82, 2.24) is 15.2 Å². The van der Waals surface area contributed by atoms with Crippen LogP contribution >= 0.6 is 0 Å². The van der Waals surface area contributed by atoms with Crippen molar-refractivity contribution in [2.75, 3.05) is 24.6 Å². The summed E-state index contributed by atoms with van der Waals surface area (Å²) in [5, 5.41) is 4.22. The number of fused-ring (bicyclic) bond motifs is 2. The van der Waals surface area contributed by atoms with Crippen LogP contribution in [0, 0.1) is 5.92 Å². The molecule has 0 saturated carbocycles. The third-order valence-corrected chi connectivity index (χ3v) is 8.14. The molecule has 4 heterocycles. The zero-order valence-electron chi connectivity index (χ0n) is 22.5. The average Bonchev–Trinajstić information content (AvgIpc) is 3.17. The summed E-state index contributed by atoms with van der Waals surface area (Å²) in [7, 11) is 0. The molecule has 3 aliphatic heterocycles. The van der Waals surface area contributed by atoms with Crippen molar-refractivity contribution in [3.8, 4) is 0 Å². The van der Waals surface area contributed by atoms with Gasteiger partial charge in [0.25, 0.3) is 11.8 Å². The lowest BCUT2D eigenvalue weighted by molar-refractivity contribution is -0.128. The Bertz CT molecular complexity index is 1450. The number of hydrogen-bond donors (Lipinski definition) is 1. The van der Waals surface area contributed by atoms with Crippen LogP contribution in [0.5, 0.6) is 0 Å². The fourth-order valence-electron chi connectivity index (χ4n) is 6.19. The van der Waals surface area contributed by atoms with Crippen molar-refractivity contribution in [1.29, 1.82) is 0 Å². The third-order valence-electron chi connectivity index (χ3n) is 8.14. The first-order valence-electron chi connectivity index (χ1n) is 13.8. The van der Waals surface area contributed by atoms with Gasteiger partial charge in [0.15, 0.2) is 0 Å².